The van der Waals surface area contributed by atoms with Gasteiger partial charge in [-0.3, -0.25) is 4.99 Å². The van der Waals surface area contributed by atoms with Crippen molar-refractivity contribution in [3.8, 4) is 0 Å². The quantitative estimate of drug-likeness (QED) is 0.250. The van der Waals surface area contributed by atoms with Gasteiger partial charge in [0.1, 0.15) is 0 Å². The number of rotatable bonds is 8. The summed E-state index contributed by atoms with van der Waals surface area (Å²) in [6.45, 7) is 8.74. The van der Waals surface area contributed by atoms with E-state index in [1.807, 2.05) is 0 Å². The zero-order chi connectivity index (χ0) is 17.9. The van der Waals surface area contributed by atoms with Gasteiger partial charge >= 0.3 is 0 Å². The van der Waals surface area contributed by atoms with E-state index in [0.29, 0.717) is 12.2 Å². The molecule has 1 N–H and O–H groups in total. The number of aliphatic imine (C=N–C) groups is 1. The number of piperidine rings is 1. The first-order chi connectivity index (χ1) is 12.2. The molecule has 2 aliphatic rings. The van der Waals surface area contributed by atoms with Crippen molar-refractivity contribution in [3.63, 3.8) is 0 Å². The van der Waals surface area contributed by atoms with Crippen molar-refractivity contribution in [2.75, 3.05) is 60.0 Å². The Morgan fingerprint density at radius 1 is 1.23 bits per heavy atom. The smallest absolute Gasteiger partial charge is 0.193 e. The molecular formula is C19H39IN4O2. The highest BCUT2D eigenvalue weighted by Gasteiger charge is 2.23. The van der Waals surface area contributed by atoms with E-state index in [9.17, 15) is 0 Å². The molecule has 2 saturated heterocycles. The molecule has 0 aromatic rings. The Bertz CT molecular complexity index is 382. The van der Waals surface area contributed by atoms with Crippen molar-refractivity contribution in [2.24, 2.45) is 4.99 Å². The Balaban J connectivity index is 0.00000338. The number of nitrogens with zero attached hydrogens (tertiary/aromatic N) is 3. The molecule has 154 valence electrons. The molecule has 1 atom stereocenters. The number of guanidine groups is 1. The third-order valence-corrected chi connectivity index (χ3v) is 4.89. The van der Waals surface area contributed by atoms with E-state index < -0.39 is 0 Å². The van der Waals surface area contributed by atoms with Gasteiger partial charge in [0.05, 0.1) is 18.8 Å². The van der Waals surface area contributed by atoms with Crippen molar-refractivity contribution in [2.45, 2.75) is 57.7 Å². The lowest BCUT2D eigenvalue weighted by atomic mass is 10.1. The fourth-order valence-electron chi connectivity index (χ4n) is 3.41. The van der Waals surface area contributed by atoms with Crippen LogP contribution in [0, 0.1) is 0 Å². The van der Waals surface area contributed by atoms with Gasteiger partial charge in [0.2, 0.25) is 0 Å². The summed E-state index contributed by atoms with van der Waals surface area (Å²) < 4.78 is 11.9. The minimum absolute atomic E-state index is 0. The average molecular weight is 482 g/mol. The Kier molecular flexibility index (Phi) is 12.8. The van der Waals surface area contributed by atoms with Gasteiger partial charge in [0.15, 0.2) is 5.96 Å². The van der Waals surface area contributed by atoms with Gasteiger partial charge in [-0.2, -0.15) is 0 Å². The SMILES string of the molecule is CCNC(=NCCCN(C)C)N1CCC(OCC2CCCCO2)CC1.I. The zero-order valence-electron chi connectivity index (χ0n) is 16.9. The van der Waals surface area contributed by atoms with Crippen LogP contribution in [-0.2, 0) is 9.47 Å². The summed E-state index contributed by atoms with van der Waals surface area (Å²) in [5, 5.41) is 3.44. The molecule has 0 aliphatic carbocycles. The van der Waals surface area contributed by atoms with Crippen LogP contribution in [0.2, 0.25) is 0 Å². The molecule has 0 radical (unpaired) electrons. The second kappa shape index (κ2) is 14.0. The number of ether oxygens (including phenoxy) is 2. The van der Waals surface area contributed by atoms with Gasteiger partial charge in [-0.15, -0.1) is 24.0 Å². The van der Waals surface area contributed by atoms with Crippen LogP contribution in [0.1, 0.15) is 45.4 Å². The molecule has 0 aromatic carbocycles. The molecule has 2 rings (SSSR count). The molecule has 0 amide bonds. The van der Waals surface area contributed by atoms with Crippen LogP contribution in [0.25, 0.3) is 0 Å². The van der Waals surface area contributed by atoms with E-state index in [1.54, 1.807) is 0 Å². The van der Waals surface area contributed by atoms with Crippen molar-refractivity contribution in [1.29, 1.82) is 0 Å². The third kappa shape index (κ3) is 9.19. The number of halogens is 1. The van der Waals surface area contributed by atoms with Crippen LogP contribution in [-0.4, -0.2) is 88.0 Å². The highest BCUT2D eigenvalue weighted by molar-refractivity contribution is 14.0. The number of likely N-dealkylation sites (tertiary alicyclic amines) is 1. The Labute approximate surface area is 177 Å². The molecule has 0 aromatic heterocycles. The second-order valence-electron chi connectivity index (χ2n) is 7.40. The molecule has 0 saturated carbocycles. The molecule has 7 heteroatoms. The second-order valence-corrected chi connectivity index (χ2v) is 7.40. The van der Waals surface area contributed by atoms with Crippen LogP contribution in [0.15, 0.2) is 4.99 Å². The van der Waals surface area contributed by atoms with Gasteiger partial charge in [0.25, 0.3) is 0 Å². The largest absolute Gasteiger partial charge is 0.376 e. The molecular weight excluding hydrogens is 443 g/mol. The molecule has 2 fully saturated rings. The van der Waals surface area contributed by atoms with Crippen LogP contribution >= 0.6 is 24.0 Å². The van der Waals surface area contributed by atoms with Gasteiger partial charge < -0.3 is 24.6 Å². The molecule has 1 unspecified atom stereocenters. The van der Waals surface area contributed by atoms with Gasteiger partial charge in [-0.25, -0.2) is 0 Å². The summed E-state index contributed by atoms with van der Waals surface area (Å²) >= 11 is 0. The van der Waals surface area contributed by atoms with E-state index in [4.69, 9.17) is 14.5 Å². The third-order valence-electron chi connectivity index (χ3n) is 4.89. The number of hydrogen-bond donors (Lipinski definition) is 1. The fraction of sp³-hybridized carbons (Fsp3) is 0.947. The van der Waals surface area contributed by atoms with E-state index >= 15 is 0 Å². The van der Waals surface area contributed by atoms with Gasteiger partial charge in [-0.05, 0) is 66.1 Å². The van der Waals surface area contributed by atoms with Crippen LogP contribution in [0.4, 0.5) is 0 Å². The Hall–Kier alpha value is -0.120. The summed E-state index contributed by atoms with van der Waals surface area (Å²) in [5.74, 6) is 1.07. The van der Waals surface area contributed by atoms with Crippen LogP contribution < -0.4 is 5.32 Å². The Morgan fingerprint density at radius 3 is 2.62 bits per heavy atom. The maximum Gasteiger partial charge on any atom is 0.193 e. The van der Waals surface area contributed by atoms with E-state index in [2.05, 4.69) is 36.1 Å². The highest BCUT2D eigenvalue weighted by atomic mass is 127. The normalized spacial score (nSPS) is 22.4. The van der Waals surface area contributed by atoms with E-state index in [1.165, 1.54) is 12.8 Å². The fourth-order valence-corrected chi connectivity index (χ4v) is 3.41. The summed E-state index contributed by atoms with van der Waals surface area (Å²) in [4.78, 5) is 9.39. The lowest BCUT2D eigenvalue weighted by Gasteiger charge is -2.35. The predicted molar refractivity (Wildman–Crippen MR) is 119 cm³/mol. The Morgan fingerprint density at radius 2 is 2.00 bits per heavy atom. The van der Waals surface area contributed by atoms with Crippen molar-refractivity contribution in [1.82, 2.24) is 15.1 Å². The monoisotopic (exact) mass is 482 g/mol. The number of hydrogen-bond acceptors (Lipinski definition) is 4. The molecule has 2 aliphatic heterocycles. The summed E-state index contributed by atoms with van der Waals surface area (Å²) in [5.41, 5.74) is 0. The highest BCUT2D eigenvalue weighted by Crippen LogP contribution is 2.18. The van der Waals surface area contributed by atoms with E-state index in [-0.39, 0.29) is 24.0 Å². The molecule has 2 heterocycles. The predicted octanol–water partition coefficient (Wildman–Crippen LogP) is 2.57. The summed E-state index contributed by atoms with van der Waals surface area (Å²) in [6.07, 6.45) is 7.59. The number of nitrogens with one attached hydrogen (secondary N) is 1. The minimum Gasteiger partial charge on any atom is -0.376 e. The van der Waals surface area contributed by atoms with Crippen molar-refractivity contribution >= 4 is 29.9 Å². The maximum atomic E-state index is 6.12. The molecule has 0 bridgehead atoms. The summed E-state index contributed by atoms with van der Waals surface area (Å²) in [6, 6.07) is 0. The van der Waals surface area contributed by atoms with Crippen molar-refractivity contribution in [3.05, 3.63) is 0 Å². The lowest BCUT2D eigenvalue weighted by molar-refractivity contribution is -0.0721. The first kappa shape index (κ1) is 23.9. The first-order valence-corrected chi connectivity index (χ1v) is 10.1. The van der Waals surface area contributed by atoms with Gasteiger partial charge in [-0.1, -0.05) is 0 Å². The standard InChI is InChI=1S/C19H38N4O2.HI/c1-4-20-19(21-11-7-12-22(2)3)23-13-9-17(10-14-23)25-16-18-8-5-6-15-24-18;/h17-18H,4-16H2,1-3H3,(H,20,21);1H. The van der Waals surface area contributed by atoms with E-state index in [0.717, 1.165) is 77.6 Å². The van der Waals surface area contributed by atoms with Crippen molar-refractivity contribution < 1.29 is 9.47 Å². The maximum absolute atomic E-state index is 6.12. The van der Waals surface area contributed by atoms with Crippen LogP contribution in [0.3, 0.4) is 0 Å². The molecule has 26 heavy (non-hydrogen) atoms. The average Bonchev–Trinajstić information content (AvgIpc) is 2.64. The summed E-state index contributed by atoms with van der Waals surface area (Å²) in [7, 11) is 4.22. The topological polar surface area (TPSA) is 49.3 Å². The lowest BCUT2D eigenvalue weighted by Crippen LogP contribution is -2.47. The first-order valence-electron chi connectivity index (χ1n) is 10.1. The minimum atomic E-state index is 0. The zero-order valence-corrected chi connectivity index (χ0v) is 19.2. The van der Waals surface area contributed by atoms with Crippen LogP contribution in [0.5, 0.6) is 0 Å². The molecule has 6 nitrogen and oxygen atoms in total. The molecule has 0 spiro atoms. The van der Waals surface area contributed by atoms with Gasteiger partial charge in [0, 0.05) is 32.8 Å².